The number of nitrogens with zero attached hydrogens (tertiary/aromatic N) is 3. The van der Waals surface area contributed by atoms with Crippen LogP contribution in [0, 0.1) is 11.3 Å². The molecular formula is C17H19N5OS. The molecule has 1 aromatic heterocycles. The molecule has 1 aliphatic carbocycles. The predicted octanol–water partition coefficient (Wildman–Crippen LogP) is 3.45. The van der Waals surface area contributed by atoms with E-state index in [-0.39, 0.29) is 11.2 Å². The second-order valence-electron chi connectivity index (χ2n) is 5.93. The standard InChI is InChI=1S/C17H19N5OS/c1-11(16(23)19-14-8-4-5-12(9-14)10-18)24-17-20-15(21-22-17)13-6-2-3-7-13/h4-5,8-9,11,13H,2-3,6-7H2,1H3,(H,19,23)(H,20,21,22)/t11-/m0/s1. The van der Waals surface area contributed by atoms with Crippen LogP contribution in [0.2, 0.25) is 0 Å². The zero-order chi connectivity index (χ0) is 16.9. The number of rotatable bonds is 5. The molecule has 1 saturated carbocycles. The highest BCUT2D eigenvalue weighted by atomic mass is 32.2. The maximum Gasteiger partial charge on any atom is 0.237 e. The average Bonchev–Trinajstić information content (AvgIpc) is 3.26. The fourth-order valence-corrected chi connectivity index (χ4v) is 3.55. The largest absolute Gasteiger partial charge is 0.325 e. The first-order chi connectivity index (χ1) is 11.7. The van der Waals surface area contributed by atoms with Crippen molar-refractivity contribution < 1.29 is 4.79 Å². The first kappa shape index (κ1) is 16.5. The van der Waals surface area contributed by atoms with Crippen LogP contribution in [0.1, 0.15) is 49.9 Å². The fraction of sp³-hybridized carbons (Fsp3) is 0.412. The van der Waals surface area contributed by atoms with Gasteiger partial charge in [-0.1, -0.05) is 30.7 Å². The monoisotopic (exact) mass is 341 g/mol. The Hall–Kier alpha value is -2.33. The molecule has 0 radical (unpaired) electrons. The number of nitrogens with one attached hydrogen (secondary N) is 2. The van der Waals surface area contributed by atoms with Crippen molar-refractivity contribution in [2.45, 2.75) is 48.9 Å². The van der Waals surface area contributed by atoms with Gasteiger partial charge in [-0.2, -0.15) is 5.26 Å². The summed E-state index contributed by atoms with van der Waals surface area (Å²) >= 11 is 1.33. The number of hydrogen-bond acceptors (Lipinski definition) is 5. The molecule has 0 spiro atoms. The molecule has 2 N–H and O–H groups in total. The summed E-state index contributed by atoms with van der Waals surface area (Å²) in [6.07, 6.45) is 4.80. The van der Waals surface area contributed by atoms with Gasteiger partial charge in [0.05, 0.1) is 16.9 Å². The quantitative estimate of drug-likeness (QED) is 0.812. The van der Waals surface area contributed by atoms with Gasteiger partial charge in [-0.05, 0) is 38.0 Å². The minimum absolute atomic E-state index is 0.137. The van der Waals surface area contributed by atoms with Crippen LogP contribution in [0.15, 0.2) is 29.4 Å². The normalized spacial score (nSPS) is 15.8. The van der Waals surface area contributed by atoms with E-state index in [4.69, 9.17) is 5.26 Å². The van der Waals surface area contributed by atoms with Gasteiger partial charge in [-0.25, -0.2) is 4.98 Å². The molecule has 1 heterocycles. The van der Waals surface area contributed by atoms with Gasteiger partial charge in [0.25, 0.3) is 0 Å². The second-order valence-corrected chi connectivity index (χ2v) is 7.23. The van der Waals surface area contributed by atoms with Crippen molar-refractivity contribution in [2.24, 2.45) is 0 Å². The minimum atomic E-state index is -0.331. The minimum Gasteiger partial charge on any atom is -0.325 e. The number of carbonyl (C=O) groups excluding carboxylic acids is 1. The molecule has 0 bridgehead atoms. The van der Waals surface area contributed by atoms with Gasteiger partial charge in [0.15, 0.2) is 0 Å². The highest BCUT2D eigenvalue weighted by Gasteiger charge is 2.22. The molecule has 1 aliphatic rings. The molecule has 0 aliphatic heterocycles. The molecule has 7 heteroatoms. The van der Waals surface area contributed by atoms with Crippen LogP contribution in [0.5, 0.6) is 0 Å². The fourth-order valence-electron chi connectivity index (χ4n) is 2.81. The summed E-state index contributed by atoms with van der Waals surface area (Å²) in [6, 6.07) is 8.92. The number of H-pyrrole nitrogens is 1. The maximum atomic E-state index is 12.3. The van der Waals surface area contributed by atoms with Crippen molar-refractivity contribution in [1.82, 2.24) is 15.2 Å². The summed E-state index contributed by atoms with van der Waals surface area (Å²) in [6.45, 7) is 1.82. The third kappa shape index (κ3) is 3.95. The van der Waals surface area contributed by atoms with E-state index < -0.39 is 0 Å². The maximum absolute atomic E-state index is 12.3. The average molecular weight is 341 g/mol. The highest BCUT2D eigenvalue weighted by molar-refractivity contribution is 8.00. The molecule has 1 aromatic carbocycles. The van der Waals surface area contributed by atoms with E-state index in [0.717, 1.165) is 18.7 Å². The van der Waals surface area contributed by atoms with Gasteiger partial charge >= 0.3 is 0 Å². The number of hydrogen-bond donors (Lipinski definition) is 2. The van der Waals surface area contributed by atoms with E-state index in [0.29, 0.717) is 22.3 Å². The Labute approximate surface area is 145 Å². The lowest BCUT2D eigenvalue weighted by molar-refractivity contribution is -0.115. The molecule has 1 atom stereocenters. The lowest BCUT2D eigenvalue weighted by Crippen LogP contribution is -2.22. The van der Waals surface area contributed by atoms with Crippen molar-refractivity contribution in [3.63, 3.8) is 0 Å². The van der Waals surface area contributed by atoms with Gasteiger partial charge in [0.1, 0.15) is 5.82 Å². The van der Waals surface area contributed by atoms with Crippen LogP contribution < -0.4 is 5.32 Å². The Bertz CT molecular complexity index is 760. The predicted molar refractivity (Wildman–Crippen MR) is 92.7 cm³/mol. The summed E-state index contributed by atoms with van der Waals surface area (Å²) in [5, 5.41) is 19.2. The van der Waals surface area contributed by atoms with Crippen molar-refractivity contribution >= 4 is 23.4 Å². The van der Waals surface area contributed by atoms with Crippen molar-refractivity contribution in [3.8, 4) is 6.07 Å². The van der Waals surface area contributed by atoms with Crippen LogP contribution in [-0.4, -0.2) is 26.3 Å². The van der Waals surface area contributed by atoms with E-state index in [1.165, 1.54) is 24.6 Å². The van der Waals surface area contributed by atoms with Crippen molar-refractivity contribution in [3.05, 3.63) is 35.7 Å². The van der Waals surface area contributed by atoms with Crippen LogP contribution in [0.25, 0.3) is 0 Å². The molecule has 0 unspecified atom stereocenters. The van der Waals surface area contributed by atoms with E-state index >= 15 is 0 Å². The van der Waals surface area contributed by atoms with Crippen LogP contribution in [0.3, 0.4) is 0 Å². The van der Waals surface area contributed by atoms with E-state index in [1.807, 2.05) is 6.92 Å². The SMILES string of the molecule is C[C@H](Sc1n[nH]c(C2CCCC2)n1)C(=O)Nc1cccc(C#N)c1. The second kappa shape index (κ2) is 7.49. The number of amides is 1. The van der Waals surface area contributed by atoms with E-state index in [1.54, 1.807) is 24.3 Å². The third-order valence-electron chi connectivity index (χ3n) is 4.13. The topological polar surface area (TPSA) is 94.5 Å². The Morgan fingerprint density at radius 2 is 2.25 bits per heavy atom. The van der Waals surface area contributed by atoms with Crippen LogP contribution >= 0.6 is 11.8 Å². The summed E-state index contributed by atoms with van der Waals surface area (Å²) < 4.78 is 0. The number of nitriles is 1. The van der Waals surface area contributed by atoms with Crippen molar-refractivity contribution in [1.29, 1.82) is 5.26 Å². The zero-order valence-corrected chi connectivity index (χ0v) is 14.3. The zero-order valence-electron chi connectivity index (χ0n) is 13.5. The summed E-state index contributed by atoms with van der Waals surface area (Å²) in [7, 11) is 0. The van der Waals surface area contributed by atoms with E-state index in [2.05, 4.69) is 26.6 Å². The molecular weight excluding hydrogens is 322 g/mol. The number of thioether (sulfide) groups is 1. The summed E-state index contributed by atoms with van der Waals surface area (Å²) in [4.78, 5) is 16.8. The summed E-state index contributed by atoms with van der Waals surface area (Å²) in [5.41, 5.74) is 1.14. The molecule has 6 nitrogen and oxygen atoms in total. The van der Waals surface area contributed by atoms with Gasteiger partial charge in [-0.3, -0.25) is 9.89 Å². The van der Waals surface area contributed by atoms with Crippen LogP contribution in [-0.2, 0) is 4.79 Å². The molecule has 3 rings (SSSR count). The number of aromatic nitrogens is 3. The van der Waals surface area contributed by atoms with Gasteiger partial charge < -0.3 is 5.32 Å². The molecule has 1 amide bonds. The molecule has 124 valence electrons. The Kier molecular flexibility index (Phi) is 5.16. The molecule has 1 fully saturated rings. The third-order valence-corrected chi connectivity index (χ3v) is 5.10. The van der Waals surface area contributed by atoms with Crippen molar-refractivity contribution in [2.75, 3.05) is 5.32 Å². The van der Waals surface area contributed by atoms with Gasteiger partial charge in [0, 0.05) is 11.6 Å². The van der Waals surface area contributed by atoms with Gasteiger partial charge in [0.2, 0.25) is 11.1 Å². The summed E-state index contributed by atoms with van der Waals surface area (Å²) in [5.74, 6) is 1.27. The molecule has 2 aromatic rings. The Balaban J connectivity index is 1.58. The van der Waals surface area contributed by atoms with Gasteiger partial charge in [-0.15, -0.1) is 5.10 Å². The first-order valence-corrected chi connectivity index (χ1v) is 8.93. The number of anilines is 1. The Morgan fingerprint density at radius 1 is 1.46 bits per heavy atom. The molecule has 0 saturated heterocycles. The Morgan fingerprint density at radius 3 is 3.00 bits per heavy atom. The first-order valence-electron chi connectivity index (χ1n) is 8.05. The number of aromatic amines is 1. The molecule has 24 heavy (non-hydrogen) atoms. The smallest absolute Gasteiger partial charge is 0.237 e. The van der Waals surface area contributed by atoms with E-state index in [9.17, 15) is 4.79 Å². The number of benzene rings is 1. The number of carbonyl (C=O) groups is 1. The highest BCUT2D eigenvalue weighted by Crippen LogP contribution is 2.33. The lowest BCUT2D eigenvalue weighted by atomic mass is 10.1. The van der Waals surface area contributed by atoms with Crippen LogP contribution in [0.4, 0.5) is 5.69 Å². The lowest BCUT2D eigenvalue weighted by Gasteiger charge is -2.10.